The Balaban J connectivity index is 1.50. The molecule has 2 aliphatic rings. The van der Waals surface area contributed by atoms with Gasteiger partial charge in [-0.1, -0.05) is 42.5 Å². The Morgan fingerprint density at radius 2 is 1.86 bits per heavy atom. The minimum atomic E-state index is -3.47. The quantitative estimate of drug-likeness (QED) is 0.511. The van der Waals surface area contributed by atoms with E-state index < -0.39 is 16.1 Å². The van der Waals surface area contributed by atoms with Crippen LogP contribution < -0.4 is 14.2 Å². The van der Waals surface area contributed by atoms with E-state index in [2.05, 4.69) is 0 Å². The summed E-state index contributed by atoms with van der Waals surface area (Å²) in [6.07, 6.45) is 5.61. The van der Waals surface area contributed by atoms with E-state index in [0.29, 0.717) is 42.4 Å². The summed E-state index contributed by atoms with van der Waals surface area (Å²) in [6.45, 7) is 2.70. The molecule has 2 aliphatic heterocycles. The number of nitrogens with zero attached hydrogens (tertiary/aromatic N) is 1. The zero-order valence-corrected chi connectivity index (χ0v) is 21.1. The molecule has 1 atom stereocenters. The Kier molecular flexibility index (Phi) is 6.75. The van der Waals surface area contributed by atoms with Gasteiger partial charge in [0, 0.05) is 12.1 Å². The molecular weight excluding hydrogens is 478 g/mol. The average molecular weight is 508 g/mol. The van der Waals surface area contributed by atoms with Crippen LogP contribution in [-0.4, -0.2) is 37.4 Å². The number of hydrogen-bond acceptors (Lipinski definition) is 6. The number of ether oxygens (including phenoxy) is 3. The minimum Gasteiger partial charge on any atom is -0.489 e. The van der Waals surface area contributed by atoms with Gasteiger partial charge in [-0.25, -0.2) is 8.42 Å². The van der Waals surface area contributed by atoms with Crippen molar-refractivity contribution < 1.29 is 27.7 Å². The van der Waals surface area contributed by atoms with Crippen LogP contribution in [0.3, 0.4) is 0 Å². The monoisotopic (exact) mass is 507 g/mol. The Labute approximate surface area is 211 Å². The fourth-order valence-electron chi connectivity index (χ4n) is 4.70. The van der Waals surface area contributed by atoms with Crippen molar-refractivity contribution in [3.8, 4) is 17.2 Å². The van der Waals surface area contributed by atoms with Crippen molar-refractivity contribution in [3.63, 3.8) is 0 Å². The van der Waals surface area contributed by atoms with E-state index in [1.165, 1.54) is 10.6 Å². The molecule has 0 saturated heterocycles. The van der Waals surface area contributed by atoms with Crippen LogP contribution in [0.15, 0.2) is 60.7 Å². The van der Waals surface area contributed by atoms with Gasteiger partial charge in [0.2, 0.25) is 16.8 Å². The number of aliphatic hydroxyl groups is 1. The van der Waals surface area contributed by atoms with Gasteiger partial charge in [0.05, 0.1) is 18.9 Å². The van der Waals surface area contributed by atoms with Gasteiger partial charge in [0.1, 0.15) is 12.4 Å². The summed E-state index contributed by atoms with van der Waals surface area (Å²) in [4.78, 5) is 0. The fourth-order valence-corrected chi connectivity index (χ4v) is 5.72. The van der Waals surface area contributed by atoms with Gasteiger partial charge in [0.15, 0.2) is 11.5 Å². The van der Waals surface area contributed by atoms with Crippen LogP contribution in [0.1, 0.15) is 39.4 Å². The predicted molar refractivity (Wildman–Crippen MR) is 137 cm³/mol. The lowest BCUT2D eigenvalue weighted by Crippen LogP contribution is -2.38. The second-order valence-electron chi connectivity index (χ2n) is 9.08. The van der Waals surface area contributed by atoms with E-state index in [0.717, 1.165) is 27.8 Å². The highest BCUT2D eigenvalue weighted by molar-refractivity contribution is 7.88. The number of rotatable bonds is 7. The van der Waals surface area contributed by atoms with Crippen molar-refractivity contribution in [1.82, 2.24) is 4.31 Å². The van der Waals surface area contributed by atoms with E-state index in [1.807, 2.05) is 73.7 Å². The molecule has 7 nitrogen and oxygen atoms in total. The van der Waals surface area contributed by atoms with Crippen LogP contribution in [0.25, 0.3) is 6.08 Å². The number of aryl methyl sites for hydroxylation is 1. The molecule has 0 aromatic heterocycles. The summed E-state index contributed by atoms with van der Waals surface area (Å²) in [5.41, 5.74) is 5.42. The first-order valence-electron chi connectivity index (χ1n) is 11.8. The second-order valence-corrected chi connectivity index (χ2v) is 11.0. The summed E-state index contributed by atoms with van der Waals surface area (Å²) in [6, 6.07) is 17.0. The summed E-state index contributed by atoms with van der Waals surface area (Å²) in [5.74, 6) is 2.00. The van der Waals surface area contributed by atoms with Crippen molar-refractivity contribution in [3.05, 3.63) is 94.1 Å². The molecule has 0 fully saturated rings. The summed E-state index contributed by atoms with van der Waals surface area (Å²) < 4.78 is 43.9. The topological polar surface area (TPSA) is 85.3 Å². The second kappa shape index (κ2) is 9.97. The average Bonchev–Trinajstić information content (AvgIpc) is 3.32. The first-order chi connectivity index (χ1) is 17.3. The molecule has 3 aromatic carbocycles. The first kappa shape index (κ1) is 24.4. The van der Waals surface area contributed by atoms with E-state index in [-0.39, 0.29) is 13.4 Å². The Morgan fingerprint density at radius 1 is 1.11 bits per heavy atom. The predicted octanol–water partition coefficient (Wildman–Crippen LogP) is 4.37. The van der Waals surface area contributed by atoms with Gasteiger partial charge in [-0.2, -0.15) is 4.31 Å². The molecule has 0 aliphatic carbocycles. The third-order valence-electron chi connectivity index (χ3n) is 6.61. The third-order valence-corrected chi connectivity index (χ3v) is 7.87. The lowest BCUT2D eigenvalue weighted by molar-refractivity contribution is 0.174. The highest BCUT2D eigenvalue weighted by atomic mass is 32.2. The summed E-state index contributed by atoms with van der Waals surface area (Å²) in [5, 5.41) is 10.1. The molecule has 1 N–H and O–H groups in total. The van der Waals surface area contributed by atoms with Gasteiger partial charge in [-0.3, -0.25) is 0 Å². The lowest BCUT2D eigenvalue weighted by Gasteiger charge is -2.34. The molecule has 0 bridgehead atoms. The third kappa shape index (κ3) is 4.97. The van der Waals surface area contributed by atoms with Gasteiger partial charge < -0.3 is 19.3 Å². The van der Waals surface area contributed by atoms with Crippen molar-refractivity contribution in [2.45, 2.75) is 32.6 Å². The van der Waals surface area contributed by atoms with E-state index in [4.69, 9.17) is 14.2 Å². The van der Waals surface area contributed by atoms with Crippen LogP contribution in [0.2, 0.25) is 0 Å². The maximum absolute atomic E-state index is 12.7. The SMILES string of the molecule is Cc1cc2c(cc1/C=C/C1c3cc(CO)c(OCc4ccccc4)cc3CCN1S(C)(=O)=O)OCO2. The molecule has 1 unspecified atom stereocenters. The molecular formula is C28H29NO6S. The highest BCUT2D eigenvalue weighted by Gasteiger charge is 2.32. The molecule has 188 valence electrons. The number of fused-ring (bicyclic) bond motifs is 2. The molecule has 8 heteroatoms. The smallest absolute Gasteiger partial charge is 0.231 e. The Morgan fingerprint density at radius 3 is 2.58 bits per heavy atom. The lowest BCUT2D eigenvalue weighted by atomic mass is 9.91. The van der Waals surface area contributed by atoms with Crippen LogP contribution in [-0.2, 0) is 29.7 Å². The maximum Gasteiger partial charge on any atom is 0.231 e. The molecule has 2 heterocycles. The highest BCUT2D eigenvalue weighted by Crippen LogP contribution is 2.39. The van der Waals surface area contributed by atoms with Crippen molar-refractivity contribution in [2.24, 2.45) is 0 Å². The zero-order valence-electron chi connectivity index (χ0n) is 20.3. The van der Waals surface area contributed by atoms with Gasteiger partial charge >= 0.3 is 0 Å². The maximum atomic E-state index is 12.7. The van der Waals surface area contributed by atoms with Gasteiger partial charge in [0.25, 0.3) is 0 Å². The molecule has 5 rings (SSSR count). The van der Waals surface area contributed by atoms with Crippen LogP contribution in [0, 0.1) is 6.92 Å². The van der Waals surface area contributed by atoms with E-state index in [9.17, 15) is 13.5 Å². The van der Waals surface area contributed by atoms with Crippen LogP contribution >= 0.6 is 0 Å². The normalized spacial score (nSPS) is 17.4. The fraction of sp³-hybridized carbons (Fsp3) is 0.286. The van der Waals surface area contributed by atoms with E-state index in [1.54, 1.807) is 0 Å². The molecule has 0 saturated carbocycles. The molecule has 0 radical (unpaired) electrons. The summed E-state index contributed by atoms with van der Waals surface area (Å²) >= 11 is 0. The van der Waals surface area contributed by atoms with Crippen LogP contribution in [0.4, 0.5) is 0 Å². The number of hydrogen-bond donors (Lipinski definition) is 1. The standard InChI is InChI=1S/C28H29NO6S/c1-19-12-27-28(35-18-34-27)14-21(19)8-9-25-24-13-23(16-30)26(33-17-20-6-4-3-5-7-20)15-22(24)10-11-29(25)36(2,31)32/h3-9,12-15,25,30H,10-11,16-18H2,1-2H3/b9-8+. The van der Waals surface area contributed by atoms with E-state index >= 15 is 0 Å². The van der Waals surface area contributed by atoms with Gasteiger partial charge in [-0.15, -0.1) is 0 Å². The Hall–Kier alpha value is -3.33. The van der Waals surface area contributed by atoms with Crippen molar-refractivity contribution in [1.29, 1.82) is 0 Å². The molecule has 0 spiro atoms. The number of benzene rings is 3. The van der Waals surface area contributed by atoms with Crippen molar-refractivity contribution >= 4 is 16.1 Å². The van der Waals surface area contributed by atoms with Gasteiger partial charge in [-0.05, 0) is 65.4 Å². The summed E-state index contributed by atoms with van der Waals surface area (Å²) in [7, 11) is -3.47. The first-order valence-corrected chi connectivity index (χ1v) is 13.7. The van der Waals surface area contributed by atoms with Crippen LogP contribution in [0.5, 0.6) is 17.2 Å². The van der Waals surface area contributed by atoms with Crippen molar-refractivity contribution in [2.75, 3.05) is 19.6 Å². The number of aliphatic hydroxyl groups excluding tert-OH is 1. The molecule has 3 aromatic rings. The molecule has 36 heavy (non-hydrogen) atoms. The number of sulfonamides is 1. The largest absolute Gasteiger partial charge is 0.489 e. The zero-order chi connectivity index (χ0) is 25.3. The minimum absolute atomic E-state index is 0.193. The Bertz CT molecular complexity index is 1400. The molecule has 0 amide bonds.